The number of benzene rings is 1. The predicted octanol–water partition coefficient (Wildman–Crippen LogP) is 3.26. The Morgan fingerprint density at radius 2 is 1.81 bits per heavy atom. The molecule has 1 aliphatic heterocycles. The van der Waals surface area contributed by atoms with Crippen LogP contribution in [0.4, 0.5) is 8.78 Å². The average Bonchev–Trinajstić information content (AvgIpc) is 3.09. The molecule has 1 aromatic rings. The smallest absolute Gasteiger partial charge is 0.223 e. The molecule has 1 saturated heterocycles. The fourth-order valence-corrected chi connectivity index (χ4v) is 4.10. The number of hydrogen-bond donors (Lipinski definition) is 2. The normalized spacial score (nSPS) is 23.4. The number of nitrogens with zero attached hydrogens (tertiary/aromatic N) is 1. The zero-order valence-corrected chi connectivity index (χ0v) is 17.0. The van der Waals surface area contributed by atoms with Gasteiger partial charge in [-0.2, -0.15) is 0 Å². The monoisotopic (exact) mass is 423 g/mol. The molecule has 1 aromatic carbocycles. The van der Waals surface area contributed by atoms with Gasteiger partial charge in [-0.25, -0.2) is 8.78 Å². The van der Waals surface area contributed by atoms with E-state index in [1.165, 1.54) is 12.1 Å². The van der Waals surface area contributed by atoms with E-state index in [0.29, 0.717) is 19.0 Å². The predicted molar refractivity (Wildman–Crippen MR) is 107 cm³/mol. The van der Waals surface area contributed by atoms with Crippen LogP contribution in [0.5, 0.6) is 0 Å². The van der Waals surface area contributed by atoms with Crippen LogP contribution in [0.2, 0.25) is 0 Å². The third kappa shape index (κ3) is 6.28. The lowest BCUT2D eigenvalue weighted by atomic mass is 9.94. The van der Waals surface area contributed by atoms with Gasteiger partial charge >= 0.3 is 0 Å². The van der Waals surface area contributed by atoms with Gasteiger partial charge in [-0.3, -0.25) is 9.69 Å². The van der Waals surface area contributed by atoms with Crippen molar-refractivity contribution in [3.8, 4) is 0 Å². The zero-order chi connectivity index (χ0) is 17.8. The Balaban J connectivity index is 0.00000182. The molecule has 0 aromatic heterocycles. The van der Waals surface area contributed by atoms with Crippen molar-refractivity contribution in [2.45, 2.75) is 44.7 Å². The van der Waals surface area contributed by atoms with Crippen LogP contribution in [-0.2, 0) is 11.3 Å². The summed E-state index contributed by atoms with van der Waals surface area (Å²) < 4.78 is 26.3. The van der Waals surface area contributed by atoms with E-state index in [0.717, 1.165) is 50.8 Å². The Kier molecular flexibility index (Phi) is 9.95. The molecule has 1 saturated carbocycles. The number of likely N-dealkylation sites (tertiary alicyclic amines) is 1. The third-order valence-corrected chi connectivity index (χ3v) is 5.62. The summed E-state index contributed by atoms with van der Waals surface area (Å²) in [5.41, 5.74) is 6.55. The summed E-state index contributed by atoms with van der Waals surface area (Å²) in [6.45, 7) is 2.88. The van der Waals surface area contributed by atoms with Crippen molar-refractivity contribution in [1.29, 1.82) is 0 Å². The van der Waals surface area contributed by atoms with Gasteiger partial charge < -0.3 is 11.1 Å². The van der Waals surface area contributed by atoms with Crippen molar-refractivity contribution >= 4 is 30.7 Å². The van der Waals surface area contributed by atoms with Crippen LogP contribution < -0.4 is 11.1 Å². The first kappa shape index (κ1) is 24.1. The molecule has 4 nitrogen and oxygen atoms in total. The van der Waals surface area contributed by atoms with Crippen molar-refractivity contribution < 1.29 is 13.6 Å². The number of carbonyl (C=O) groups excluding carboxylic acids is 1. The summed E-state index contributed by atoms with van der Waals surface area (Å²) in [6.07, 6.45) is 4.86. The number of nitrogens with one attached hydrogen (secondary N) is 1. The van der Waals surface area contributed by atoms with Gasteiger partial charge in [-0.1, -0.05) is 12.5 Å². The Morgan fingerprint density at radius 1 is 1.11 bits per heavy atom. The van der Waals surface area contributed by atoms with Crippen molar-refractivity contribution in [3.05, 3.63) is 35.4 Å². The van der Waals surface area contributed by atoms with Gasteiger partial charge in [-0.05, 0) is 55.8 Å². The quantitative estimate of drug-likeness (QED) is 0.763. The van der Waals surface area contributed by atoms with Gasteiger partial charge in [0.1, 0.15) is 0 Å². The summed E-state index contributed by atoms with van der Waals surface area (Å²) in [7, 11) is 0. The molecule has 154 valence electrons. The highest BCUT2D eigenvalue weighted by molar-refractivity contribution is 5.85. The minimum atomic E-state index is -0.812. The molecule has 2 fully saturated rings. The zero-order valence-electron chi connectivity index (χ0n) is 15.3. The van der Waals surface area contributed by atoms with Gasteiger partial charge in [0, 0.05) is 31.6 Å². The van der Waals surface area contributed by atoms with E-state index in [2.05, 4.69) is 10.2 Å². The van der Waals surface area contributed by atoms with E-state index in [1.807, 2.05) is 0 Å². The highest BCUT2D eigenvalue weighted by atomic mass is 35.5. The number of amides is 1. The minimum Gasteiger partial charge on any atom is -0.353 e. The molecular formula is C19H29Cl2F2N3O. The van der Waals surface area contributed by atoms with E-state index >= 15 is 0 Å². The van der Waals surface area contributed by atoms with Crippen molar-refractivity contribution in [2.75, 3.05) is 19.6 Å². The second kappa shape index (κ2) is 11.1. The molecular weight excluding hydrogens is 395 g/mol. The van der Waals surface area contributed by atoms with Gasteiger partial charge in [0.15, 0.2) is 11.6 Å². The van der Waals surface area contributed by atoms with Gasteiger partial charge in [0.25, 0.3) is 0 Å². The maximum Gasteiger partial charge on any atom is 0.223 e. The first-order valence-electron chi connectivity index (χ1n) is 9.23. The summed E-state index contributed by atoms with van der Waals surface area (Å²) >= 11 is 0. The SMILES string of the molecule is Cl.Cl.NC[C@H]1CCC[C@H]1C(=O)NC1CCN(Cc2ccc(F)c(F)c2)CC1. The molecule has 2 atom stereocenters. The summed E-state index contributed by atoms with van der Waals surface area (Å²) in [5.74, 6) is -1.05. The summed E-state index contributed by atoms with van der Waals surface area (Å²) in [6, 6.07) is 4.26. The van der Waals surface area contributed by atoms with Crippen molar-refractivity contribution in [1.82, 2.24) is 10.2 Å². The molecule has 0 radical (unpaired) electrons. The number of carbonyl (C=O) groups is 1. The Hall–Kier alpha value is -0.950. The van der Waals surface area contributed by atoms with Crippen LogP contribution >= 0.6 is 24.8 Å². The number of rotatable bonds is 5. The van der Waals surface area contributed by atoms with Crippen LogP contribution in [-0.4, -0.2) is 36.5 Å². The van der Waals surface area contributed by atoms with E-state index in [-0.39, 0.29) is 42.7 Å². The number of hydrogen-bond acceptors (Lipinski definition) is 3. The van der Waals surface area contributed by atoms with Crippen molar-refractivity contribution in [3.63, 3.8) is 0 Å². The molecule has 1 aliphatic carbocycles. The molecule has 8 heteroatoms. The van der Waals surface area contributed by atoms with Crippen LogP contribution in [0.3, 0.4) is 0 Å². The third-order valence-electron chi connectivity index (χ3n) is 5.62. The number of piperidine rings is 1. The Labute approximate surface area is 172 Å². The fraction of sp³-hybridized carbons (Fsp3) is 0.632. The molecule has 1 heterocycles. The van der Waals surface area contributed by atoms with Gasteiger partial charge in [0.2, 0.25) is 5.91 Å². The molecule has 0 unspecified atom stereocenters. The second-order valence-corrected chi connectivity index (χ2v) is 7.34. The molecule has 27 heavy (non-hydrogen) atoms. The molecule has 0 spiro atoms. The van der Waals surface area contributed by atoms with Gasteiger partial charge in [-0.15, -0.1) is 24.8 Å². The van der Waals surface area contributed by atoms with Crippen LogP contribution in [0.15, 0.2) is 18.2 Å². The first-order valence-corrected chi connectivity index (χ1v) is 9.23. The topological polar surface area (TPSA) is 58.4 Å². The average molecular weight is 424 g/mol. The molecule has 3 rings (SSSR count). The Morgan fingerprint density at radius 3 is 2.44 bits per heavy atom. The molecule has 1 amide bonds. The largest absolute Gasteiger partial charge is 0.353 e. The van der Waals surface area contributed by atoms with Crippen LogP contribution in [0.25, 0.3) is 0 Å². The second-order valence-electron chi connectivity index (χ2n) is 7.34. The molecule has 2 aliphatic rings. The number of halogens is 4. The maximum absolute atomic E-state index is 13.3. The van der Waals surface area contributed by atoms with E-state index < -0.39 is 11.6 Å². The van der Waals surface area contributed by atoms with E-state index in [9.17, 15) is 13.6 Å². The minimum absolute atomic E-state index is 0. The lowest BCUT2D eigenvalue weighted by molar-refractivity contribution is -0.127. The summed E-state index contributed by atoms with van der Waals surface area (Å²) in [5, 5.41) is 3.20. The molecule has 3 N–H and O–H groups in total. The highest BCUT2D eigenvalue weighted by Crippen LogP contribution is 2.31. The lowest BCUT2D eigenvalue weighted by Gasteiger charge is -2.33. The van der Waals surface area contributed by atoms with Gasteiger partial charge in [0.05, 0.1) is 0 Å². The van der Waals surface area contributed by atoms with Crippen LogP contribution in [0.1, 0.15) is 37.7 Å². The maximum atomic E-state index is 13.3. The van der Waals surface area contributed by atoms with E-state index in [1.54, 1.807) is 6.07 Å². The van der Waals surface area contributed by atoms with Crippen molar-refractivity contribution in [2.24, 2.45) is 17.6 Å². The lowest BCUT2D eigenvalue weighted by Crippen LogP contribution is -2.47. The highest BCUT2D eigenvalue weighted by Gasteiger charge is 2.33. The Bertz CT molecular complexity index is 613. The standard InChI is InChI=1S/C19H27F2N3O.2ClH/c20-17-5-4-13(10-18(17)21)12-24-8-6-15(7-9-24)23-19(25)16-3-1-2-14(16)11-22;;/h4-5,10,14-16H,1-3,6-9,11-12,22H2,(H,23,25);2*1H/t14-,16-;;/m1../s1. The first-order chi connectivity index (χ1) is 12.1. The fourth-order valence-electron chi connectivity index (χ4n) is 4.10. The van der Waals surface area contributed by atoms with Crippen LogP contribution in [0, 0.1) is 23.5 Å². The molecule has 0 bridgehead atoms. The van der Waals surface area contributed by atoms with E-state index in [4.69, 9.17) is 5.73 Å². The summed E-state index contributed by atoms with van der Waals surface area (Å²) in [4.78, 5) is 14.7. The number of nitrogens with two attached hydrogens (primary N) is 1.